The number of esters is 1. The minimum atomic E-state index is -1.92. The monoisotopic (exact) mass is 387 g/mol. The number of carbonyl (C=O) groups is 1. The Labute approximate surface area is 149 Å². The zero-order valence-electron chi connectivity index (χ0n) is 13.5. The number of nitrogens with zero attached hydrogens (tertiary/aromatic N) is 1. The van der Waals surface area contributed by atoms with Crippen LogP contribution in [0.1, 0.15) is 22.3 Å². The number of aliphatic imine (C=N–C) groups is 1. The van der Waals surface area contributed by atoms with Gasteiger partial charge in [-0.3, -0.25) is 4.99 Å². The summed E-state index contributed by atoms with van der Waals surface area (Å²) >= 11 is 0. The maximum Gasteiger partial charge on any atom is 0.349 e. The Hall–Kier alpha value is -3.10. The summed E-state index contributed by atoms with van der Waals surface area (Å²) in [6, 6.07) is 2.78. The second-order valence-electron chi connectivity index (χ2n) is 5.25. The van der Waals surface area contributed by atoms with Crippen molar-refractivity contribution in [2.75, 3.05) is 0 Å². The summed E-state index contributed by atoms with van der Waals surface area (Å²) in [5.74, 6) is -7.12. The number of hydrogen-bond acceptors (Lipinski definition) is 3. The number of allylic oxidation sites excluding steroid dienone is 1. The van der Waals surface area contributed by atoms with Crippen LogP contribution in [0.25, 0.3) is 0 Å². The Balaban J connectivity index is 2.24. The molecule has 0 saturated heterocycles. The molecule has 0 atom stereocenters. The third kappa shape index (κ3) is 4.96. The highest BCUT2D eigenvalue weighted by atomic mass is 19.3. The maximum atomic E-state index is 14.1. The average Bonchev–Trinajstić information content (AvgIpc) is 2.53. The van der Waals surface area contributed by atoms with Crippen LogP contribution in [-0.2, 0) is 6.42 Å². The first-order valence-corrected chi connectivity index (χ1v) is 7.40. The van der Waals surface area contributed by atoms with Gasteiger partial charge in [0, 0.05) is 12.1 Å². The molecular formula is C18H11F6NO2. The predicted octanol–water partition coefficient (Wildman–Crippen LogP) is 5.51. The first-order chi connectivity index (χ1) is 12.7. The lowest BCUT2D eigenvalue weighted by Gasteiger charge is -2.09. The van der Waals surface area contributed by atoms with Crippen LogP contribution in [0.15, 0.2) is 41.4 Å². The van der Waals surface area contributed by atoms with Crippen LogP contribution in [-0.4, -0.2) is 12.7 Å². The molecule has 0 amide bonds. The minimum Gasteiger partial charge on any atom is -0.423 e. The molecule has 0 aromatic heterocycles. The lowest BCUT2D eigenvalue weighted by Crippen LogP contribution is -2.14. The number of rotatable bonds is 6. The topological polar surface area (TPSA) is 38.7 Å². The van der Waals surface area contributed by atoms with Crippen molar-refractivity contribution in [2.45, 2.75) is 12.8 Å². The highest BCUT2D eigenvalue weighted by molar-refractivity contribution is 5.91. The normalized spacial score (nSPS) is 10.4. The summed E-state index contributed by atoms with van der Waals surface area (Å²) in [7, 11) is 0. The number of aryl methyl sites for hydroxylation is 1. The van der Waals surface area contributed by atoms with Crippen LogP contribution in [0, 0.1) is 23.3 Å². The first-order valence-electron chi connectivity index (χ1n) is 7.40. The number of halogens is 6. The predicted molar refractivity (Wildman–Crippen MR) is 85.5 cm³/mol. The van der Waals surface area contributed by atoms with Crippen LogP contribution in [0.4, 0.5) is 32.0 Å². The van der Waals surface area contributed by atoms with Crippen molar-refractivity contribution < 1.29 is 35.9 Å². The molecule has 142 valence electrons. The van der Waals surface area contributed by atoms with Crippen LogP contribution >= 0.6 is 0 Å². The van der Waals surface area contributed by atoms with E-state index in [9.17, 15) is 31.1 Å². The van der Waals surface area contributed by atoms with E-state index in [-0.39, 0.29) is 18.4 Å². The van der Waals surface area contributed by atoms with Gasteiger partial charge in [0.1, 0.15) is 28.6 Å². The Morgan fingerprint density at radius 3 is 2.04 bits per heavy atom. The van der Waals surface area contributed by atoms with Crippen molar-refractivity contribution in [2.24, 2.45) is 4.99 Å². The minimum absolute atomic E-state index is 0.0394. The van der Waals surface area contributed by atoms with E-state index >= 15 is 0 Å². The van der Waals surface area contributed by atoms with Crippen LogP contribution < -0.4 is 4.74 Å². The third-order valence-electron chi connectivity index (χ3n) is 3.40. The van der Waals surface area contributed by atoms with E-state index in [4.69, 9.17) is 0 Å². The van der Waals surface area contributed by atoms with Gasteiger partial charge in [-0.2, -0.15) is 8.78 Å². The summed E-state index contributed by atoms with van der Waals surface area (Å²) in [5.41, 5.74) is -1.74. The molecular weight excluding hydrogens is 376 g/mol. The summed E-state index contributed by atoms with van der Waals surface area (Å²) < 4.78 is 83.8. The van der Waals surface area contributed by atoms with Gasteiger partial charge in [0.05, 0.1) is 0 Å². The number of benzene rings is 2. The fourth-order valence-corrected chi connectivity index (χ4v) is 2.22. The summed E-state index contributed by atoms with van der Waals surface area (Å²) in [5, 5.41) is 0. The van der Waals surface area contributed by atoms with Gasteiger partial charge in [-0.05, 0) is 43.3 Å². The van der Waals surface area contributed by atoms with Crippen LogP contribution in [0.3, 0.4) is 0 Å². The van der Waals surface area contributed by atoms with E-state index in [1.807, 2.05) is 0 Å². The molecule has 0 aliphatic carbocycles. The summed E-state index contributed by atoms with van der Waals surface area (Å²) in [6.45, 7) is 2.97. The molecule has 2 aromatic rings. The molecule has 0 bridgehead atoms. The van der Waals surface area contributed by atoms with E-state index in [2.05, 4.69) is 16.4 Å². The molecule has 0 spiro atoms. The number of hydrogen-bond donors (Lipinski definition) is 0. The molecule has 0 radical (unpaired) electrons. The van der Waals surface area contributed by atoms with Crippen molar-refractivity contribution in [1.29, 1.82) is 0 Å². The van der Waals surface area contributed by atoms with E-state index in [0.717, 1.165) is 12.1 Å². The van der Waals surface area contributed by atoms with Crippen molar-refractivity contribution >= 4 is 18.4 Å². The fraction of sp³-hybridized carbons (Fsp3) is 0.111. The van der Waals surface area contributed by atoms with Crippen molar-refractivity contribution in [3.05, 3.63) is 70.8 Å². The van der Waals surface area contributed by atoms with Gasteiger partial charge in [-0.15, -0.1) is 0 Å². The molecule has 0 heterocycles. The van der Waals surface area contributed by atoms with Crippen LogP contribution in [0.2, 0.25) is 0 Å². The SMILES string of the molecule is C=Nc1c(F)cc(OC(=O)c2c(F)cc(CCC=C(F)F)cc2F)cc1F. The van der Waals surface area contributed by atoms with Gasteiger partial charge in [0.15, 0.2) is 11.6 Å². The van der Waals surface area contributed by atoms with E-state index in [0.29, 0.717) is 18.2 Å². The van der Waals surface area contributed by atoms with Crippen molar-refractivity contribution in [1.82, 2.24) is 0 Å². The molecule has 3 nitrogen and oxygen atoms in total. The van der Waals surface area contributed by atoms with Crippen LogP contribution in [0.5, 0.6) is 5.75 Å². The van der Waals surface area contributed by atoms with Crippen molar-refractivity contribution in [3.8, 4) is 5.75 Å². The fourth-order valence-electron chi connectivity index (χ4n) is 2.22. The molecule has 0 saturated carbocycles. The Morgan fingerprint density at radius 2 is 1.56 bits per heavy atom. The Bertz CT molecular complexity index is 876. The van der Waals surface area contributed by atoms with E-state index in [1.165, 1.54) is 0 Å². The molecule has 0 fully saturated rings. The molecule has 2 aromatic carbocycles. The number of carbonyl (C=O) groups excluding carboxylic acids is 1. The molecule has 27 heavy (non-hydrogen) atoms. The van der Waals surface area contributed by atoms with E-state index < -0.39 is 52.3 Å². The Kier molecular flexibility index (Phi) is 6.38. The van der Waals surface area contributed by atoms with Gasteiger partial charge in [-0.1, -0.05) is 0 Å². The standard InChI is InChI=1S/C18H11F6NO2/c1-25-17-13(21)7-10(8-14(17)22)27-18(26)16-11(19)5-9(6-12(16)20)3-2-4-15(23)24/h4-8H,1-3H2. The molecule has 2 rings (SSSR count). The largest absolute Gasteiger partial charge is 0.423 e. The summed E-state index contributed by atoms with van der Waals surface area (Å²) in [6.07, 6.45) is -1.59. The van der Waals surface area contributed by atoms with Gasteiger partial charge in [-0.25, -0.2) is 22.4 Å². The lowest BCUT2D eigenvalue weighted by molar-refractivity contribution is 0.0723. The highest BCUT2D eigenvalue weighted by Crippen LogP contribution is 2.28. The highest BCUT2D eigenvalue weighted by Gasteiger charge is 2.22. The zero-order chi connectivity index (χ0) is 20.1. The maximum absolute atomic E-state index is 14.1. The second kappa shape index (κ2) is 8.52. The van der Waals surface area contributed by atoms with E-state index in [1.54, 1.807) is 0 Å². The first kappa shape index (κ1) is 20.2. The molecule has 0 aliphatic heterocycles. The van der Waals surface area contributed by atoms with Gasteiger partial charge >= 0.3 is 5.97 Å². The quantitative estimate of drug-likeness (QED) is 0.284. The third-order valence-corrected chi connectivity index (χ3v) is 3.40. The van der Waals surface area contributed by atoms with Gasteiger partial charge in [0.2, 0.25) is 0 Å². The Morgan fingerprint density at radius 1 is 1.00 bits per heavy atom. The average molecular weight is 387 g/mol. The van der Waals surface area contributed by atoms with Gasteiger partial charge in [0.25, 0.3) is 6.08 Å². The molecule has 9 heteroatoms. The number of ether oxygens (including phenoxy) is 1. The zero-order valence-corrected chi connectivity index (χ0v) is 13.5. The molecule has 0 N–H and O–H groups in total. The van der Waals surface area contributed by atoms with Gasteiger partial charge < -0.3 is 4.74 Å². The molecule has 0 unspecified atom stereocenters. The molecule has 0 aliphatic rings. The smallest absolute Gasteiger partial charge is 0.349 e. The summed E-state index contributed by atoms with van der Waals surface area (Å²) in [4.78, 5) is 15.1. The second-order valence-corrected chi connectivity index (χ2v) is 5.25. The lowest BCUT2D eigenvalue weighted by atomic mass is 10.1. The van der Waals surface area contributed by atoms with Crippen molar-refractivity contribution in [3.63, 3.8) is 0 Å².